The molecule has 0 saturated carbocycles. The van der Waals surface area contributed by atoms with Crippen LogP contribution >= 0.6 is 0 Å². The molecular formula is C27H29NO8. The van der Waals surface area contributed by atoms with Crippen molar-refractivity contribution in [1.29, 1.82) is 0 Å². The Kier molecular flexibility index (Phi) is 6.51. The Hall–Kier alpha value is -3.88. The number of methoxy groups -OCH3 is 2. The number of hydrogen-bond donors (Lipinski definition) is 0. The molecule has 1 fully saturated rings. The monoisotopic (exact) mass is 495 g/mol. The second-order valence-electron chi connectivity index (χ2n) is 9.92. The fourth-order valence-corrected chi connectivity index (χ4v) is 5.01. The smallest absolute Gasteiger partial charge is 0.419 e. The molecule has 0 radical (unpaired) electrons. The van der Waals surface area contributed by atoms with Crippen molar-refractivity contribution in [2.45, 2.75) is 50.7 Å². The molecule has 0 amide bonds. The first-order valence-electron chi connectivity index (χ1n) is 11.6. The van der Waals surface area contributed by atoms with Gasteiger partial charge in [0.2, 0.25) is 0 Å². The van der Waals surface area contributed by atoms with Gasteiger partial charge in [0.25, 0.3) is 0 Å². The third-order valence-electron chi connectivity index (χ3n) is 6.55. The normalized spacial score (nSPS) is 23.4. The molecular weight excluding hydrogens is 466 g/mol. The van der Waals surface area contributed by atoms with Crippen LogP contribution in [0.2, 0.25) is 0 Å². The lowest BCUT2D eigenvalue weighted by Crippen LogP contribution is -2.53. The lowest BCUT2D eigenvalue weighted by molar-refractivity contribution is -0.165. The highest BCUT2D eigenvalue weighted by atomic mass is 16.6. The van der Waals surface area contributed by atoms with Crippen LogP contribution in [0, 0.1) is 5.92 Å². The summed E-state index contributed by atoms with van der Waals surface area (Å²) in [6.07, 6.45) is 5.36. The Morgan fingerprint density at radius 3 is 2.53 bits per heavy atom. The number of nitrogens with zero attached hydrogens (tertiary/aromatic N) is 1. The van der Waals surface area contributed by atoms with Crippen molar-refractivity contribution in [3.63, 3.8) is 0 Å². The fourth-order valence-electron chi connectivity index (χ4n) is 5.01. The van der Waals surface area contributed by atoms with Crippen LogP contribution in [0.15, 0.2) is 54.3 Å². The van der Waals surface area contributed by atoms with Crippen LogP contribution in [-0.2, 0) is 38.7 Å². The van der Waals surface area contributed by atoms with E-state index in [1.807, 2.05) is 18.2 Å². The molecule has 2 bridgehead atoms. The summed E-state index contributed by atoms with van der Waals surface area (Å²) in [5.41, 5.74) is -0.00875. The molecule has 2 aliphatic heterocycles. The molecule has 1 aromatic carbocycles. The summed E-state index contributed by atoms with van der Waals surface area (Å²) in [5, 5.41) is 0.753. The molecule has 0 N–H and O–H groups in total. The summed E-state index contributed by atoms with van der Waals surface area (Å²) in [6.45, 7) is 5.35. The van der Waals surface area contributed by atoms with Gasteiger partial charge in [-0.3, -0.25) is 9.36 Å². The van der Waals surface area contributed by atoms with Crippen molar-refractivity contribution in [3.8, 4) is 0 Å². The minimum Gasteiger partial charge on any atom is -0.466 e. The summed E-state index contributed by atoms with van der Waals surface area (Å²) in [7, 11) is 2.55. The largest absolute Gasteiger partial charge is 0.466 e. The van der Waals surface area contributed by atoms with Gasteiger partial charge in [-0.05, 0) is 38.8 Å². The van der Waals surface area contributed by atoms with Gasteiger partial charge >= 0.3 is 24.0 Å². The number of aromatic nitrogens is 1. The van der Waals surface area contributed by atoms with Gasteiger partial charge in [0.15, 0.2) is 0 Å². The second kappa shape index (κ2) is 9.29. The number of hydrogen-bond acceptors (Lipinski definition) is 8. The Bertz CT molecular complexity index is 1290. The highest BCUT2D eigenvalue weighted by Crippen LogP contribution is 2.52. The SMILES string of the molecule is COC(=O)/C=C/C[C@]1(c2cn(C(=O)OC(C)(C)C)c3ccccc23)C[C@@H]2OC(=O)[C@H]1C=C2C(=O)OC. The molecule has 9 nitrogen and oxygen atoms in total. The van der Waals surface area contributed by atoms with Crippen molar-refractivity contribution in [3.05, 3.63) is 59.8 Å². The van der Waals surface area contributed by atoms with E-state index in [2.05, 4.69) is 0 Å². The van der Waals surface area contributed by atoms with Crippen molar-refractivity contribution in [2.75, 3.05) is 14.2 Å². The quantitative estimate of drug-likeness (QED) is 0.350. The molecule has 1 aliphatic carbocycles. The Morgan fingerprint density at radius 2 is 1.89 bits per heavy atom. The van der Waals surface area contributed by atoms with Crippen LogP contribution in [0.25, 0.3) is 10.9 Å². The van der Waals surface area contributed by atoms with Gasteiger partial charge in [-0.2, -0.15) is 0 Å². The van der Waals surface area contributed by atoms with Gasteiger partial charge in [0.1, 0.15) is 11.7 Å². The predicted octanol–water partition coefficient (Wildman–Crippen LogP) is 3.83. The van der Waals surface area contributed by atoms with Crippen molar-refractivity contribution in [2.24, 2.45) is 5.92 Å². The highest BCUT2D eigenvalue weighted by Gasteiger charge is 2.56. The molecule has 3 aliphatic rings. The number of benzene rings is 1. The van der Waals surface area contributed by atoms with Crippen molar-refractivity contribution < 1.29 is 38.1 Å². The van der Waals surface area contributed by atoms with E-state index in [0.717, 1.165) is 5.39 Å². The van der Waals surface area contributed by atoms with Gasteiger partial charge in [-0.25, -0.2) is 14.4 Å². The van der Waals surface area contributed by atoms with E-state index in [0.29, 0.717) is 11.1 Å². The predicted molar refractivity (Wildman–Crippen MR) is 129 cm³/mol. The first-order chi connectivity index (χ1) is 17.0. The van der Waals surface area contributed by atoms with Crippen molar-refractivity contribution >= 4 is 34.9 Å². The molecule has 0 spiro atoms. The van der Waals surface area contributed by atoms with E-state index < -0.39 is 47.0 Å². The summed E-state index contributed by atoms with van der Waals surface area (Å²) in [5.74, 6) is -2.43. The van der Waals surface area contributed by atoms with Gasteiger partial charge in [-0.1, -0.05) is 30.4 Å². The van der Waals surface area contributed by atoms with Gasteiger partial charge < -0.3 is 18.9 Å². The maximum atomic E-state index is 13.1. The zero-order valence-electron chi connectivity index (χ0n) is 20.9. The Labute approximate surface area is 208 Å². The minimum atomic E-state index is -0.908. The lowest BCUT2D eigenvalue weighted by Gasteiger charge is -2.48. The van der Waals surface area contributed by atoms with Crippen LogP contribution in [0.5, 0.6) is 0 Å². The van der Waals surface area contributed by atoms with Crippen LogP contribution in [0.4, 0.5) is 4.79 Å². The average Bonchev–Trinajstić information content (AvgIpc) is 3.23. The second-order valence-corrected chi connectivity index (χ2v) is 9.92. The highest BCUT2D eigenvalue weighted by molar-refractivity contribution is 5.97. The van der Waals surface area contributed by atoms with Crippen molar-refractivity contribution in [1.82, 2.24) is 4.57 Å². The zero-order chi connectivity index (χ0) is 26.3. The summed E-state index contributed by atoms with van der Waals surface area (Å²) in [6, 6.07) is 7.33. The molecule has 3 atom stereocenters. The molecule has 0 unspecified atom stereocenters. The summed E-state index contributed by atoms with van der Waals surface area (Å²) in [4.78, 5) is 50.4. The van der Waals surface area contributed by atoms with Crippen LogP contribution < -0.4 is 0 Å². The van der Waals surface area contributed by atoms with Gasteiger partial charge in [-0.15, -0.1) is 0 Å². The zero-order valence-corrected chi connectivity index (χ0v) is 20.9. The Morgan fingerprint density at radius 1 is 1.17 bits per heavy atom. The van der Waals surface area contributed by atoms with Crippen LogP contribution in [0.1, 0.15) is 39.2 Å². The van der Waals surface area contributed by atoms with E-state index in [-0.39, 0.29) is 18.4 Å². The third kappa shape index (κ3) is 4.41. The summed E-state index contributed by atoms with van der Waals surface area (Å²) >= 11 is 0. The number of fused-ring (bicyclic) bond motifs is 3. The van der Waals surface area contributed by atoms with Crippen LogP contribution in [-0.4, -0.2) is 54.5 Å². The number of esters is 3. The number of allylic oxidation sites excluding steroid dienone is 1. The number of rotatable bonds is 5. The molecule has 2 aromatic rings. The first-order valence-corrected chi connectivity index (χ1v) is 11.6. The minimum absolute atomic E-state index is 0.256. The van der Waals surface area contributed by atoms with E-state index >= 15 is 0 Å². The fraction of sp³-hybridized carbons (Fsp3) is 0.407. The molecule has 190 valence electrons. The number of carbonyl (C=O) groups excluding carboxylic acids is 4. The van der Waals surface area contributed by atoms with E-state index in [1.165, 1.54) is 24.9 Å². The average molecular weight is 496 g/mol. The standard InChI is InChI=1S/C27H29NO8/c1-26(2,3)36-25(32)28-15-19(16-9-6-7-10-20(16)28)27(12-8-11-22(29)33-4)14-21-17(23(30)34-5)13-18(27)24(31)35-21/h6-11,13,15,18,21H,12,14H2,1-5H3/b11-8+/t18-,21+,27+/m1/s1. The number of para-hydroxylation sites is 1. The van der Waals surface area contributed by atoms with Gasteiger partial charge in [0, 0.05) is 29.5 Å². The maximum Gasteiger partial charge on any atom is 0.419 e. The van der Waals surface area contributed by atoms with E-state index in [9.17, 15) is 19.2 Å². The number of ether oxygens (including phenoxy) is 4. The Balaban J connectivity index is 1.91. The van der Waals surface area contributed by atoms with E-state index in [1.54, 1.807) is 45.2 Å². The molecule has 1 aromatic heterocycles. The molecule has 5 rings (SSSR count). The maximum absolute atomic E-state index is 13.1. The first kappa shape index (κ1) is 25.2. The lowest BCUT2D eigenvalue weighted by atomic mass is 9.59. The van der Waals surface area contributed by atoms with Gasteiger partial charge in [0.05, 0.1) is 31.2 Å². The van der Waals surface area contributed by atoms with Crippen LogP contribution in [0.3, 0.4) is 0 Å². The van der Waals surface area contributed by atoms with E-state index in [4.69, 9.17) is 18.9 Å². The number of carbonyl (C=O) groups is 4. The molecule has 36 heavy (non-hydrogen) atoms. The molecule has 3 heterocycles. The molecule has 1 saturated heterocycles. The summed E-state index contributed by atoms with van der Waals surface area (Å²) < 4.78 is 22.2. The third-order valence-corrected chi connectivity index (χ3v) is 6.55. The molecule has 9 heteroatoms. The topological polar surface area (TPSA) is 110 Å².